The molecule has 2 aromatic rings. The van der Waals surface area contributed by atoms with Gasteiger partial charge >= 0.3 is 0 Å². The molecule has 2 rings (SSSR count). The van der Waals surface area contributed by atoms with Gasteiger partial charge < -0.3 is 10.6 Å². The second kappa shape index (κ2) is 7.01. The first-order valence-electron chi connectivity index (χ1n) is 7.00. The zero-order chi connectivity index (χ0) is 14.4. The fourth-order valence-electron chi connectivity index (χ4n) is 2.03. The van der Waals surface area contributed by atoms with Gasteiger partial charge in [0, 0.05) is 25.5 Å². The van der Waals surface area contributed by atoms with Crippen molar-refractivity contribution in [2.24, 2.45) is 5.73 Å². The van der Waals surface area contributed by atoms with Gasteiger partial charge in [-0.2, -0.15) is 0 Å². The summed E-state index contributed by atoms with van der Waals surface area (Å²) < 4.78 is 0. The lowest BCUT2D eigenvalue weighted by atomic mass is 10.1. The molecule has 0 aliphatic carbocycles. The van der Waals surface area contributed by atoms with Crippen molar-refractivity contribution in [3.63, 3.8) is 0 Å². The number of pyridine rings is 2. The molecule has 2 heterocycles. The van der Waals surface area contributed by atoms with Gasteiger partial charge in [-0.1, -0.05) is 19.1 Å². The number of nitrogens with zero attached hydrogens (tertiary/aromatic N) is 3. The zero-order valence-electron chi connectivity index (χ0n) is 12.2. The minimum atomic E-state index is 0.217. The van der Waals surface area contributed by atoms with Crippen LogP contribution in [0.3, 0.4) is 0 Å². The molecule has 0 saturated heterocycles. The van der Waals surface area contributed by atoms with E-state index in [2.05, 4.69) is 27.9 Å². The third-order valence-electron chi connectivity index (χ3n) is 3.35. The van der Waals surface area contributed by atoms with Gasteiger partial charge in [-0.05, 0) is 36.6 Å². The van der Waals surface area contributed by atoms with Crippen LogP contribution in [0.25, 0.3) is 0 Å². The molecule has 2 N–H and O–H groups in total. The lowest BCUT2D eigenvalue weighted by molar-refractivity contribution is 0.645. The van der Waals surface area contributed by atoms with E-state index in [-0.39, 0.29) is 6.04 Å². The molecule has 1 atom stereocenters. The van der Waals surface area contributed by atoms with Crippen LogP contribution in [-0.4, -0.2) is 23.1 Å². The Hall–Kier alpha value is -1.94. The molecule has 0 spiro atoms. The van der Waals surface area contributed by atoms with Gasteiger partial charge in [0.1, 0.15) is 5.82 Å². The first kappa shape index (κ1) is 14.5. The first-order valence-corrected chi connectivity index (χ1v) is 7.00. The fourth-order valence-corrected chi connectivity index (χ4v) is 2.03. The summed E-state index contributed by atoms with van der Waals surface area (Å²) >= 11 is 0. The van der Waals surface area contributed by atoms with Crippen molar-refractivity contribution >= 4 is 5.82 Å². The van der Waals surface area contributed by atoms with E-state index in [1.807, 2.05) is 43.7 Å². The lowest BCUT2D eigenvalue weighted by Crippen LogP contribution is -2.22. The van der Waals surface area contributed by atoms with E-state index < -0.39 is 0 Å². The Morgan fingerprint density at radius 2 is 2.05 bits per heavy atom. The summed E-state index contributed by atoms with van der Waals surface area (Å²) in [6.45, 7) is 2.86. The molecule has 0 fully saturated rings. The van der Waals surface area contributed by atoms with Crippen LogP contribution in [0.5, 0.6) is 0 Å². The molecule has 0 aromatic carbocycles. The highest BCUT2D eigenvalue weighted by molar-refractivity contribution is 5.38. The Kier molecular flexibility index (Phi) is 5.07. The molecular weight excluding hydrogens is 248 g/mol. The summed E-state index contributed by atoms with van der Waals surface area (Å²) in [6.07, 6.45) is 5.60. The topological polar surface area (TPSA) is 55.0 Å². The van der Waals surface area contributed by atoms with Crippen LogP contribution < -0.4 is 10.6 Å². The van der Waals surface area contributed by atoms with Gasteiger partial charge in [-0.15, -0.1) is 0 Å². The van der Waals surface area contributed by atoms with E-state index in [0.29, 0.717) is 0 Å². The summed E-state index contributed by atoms with van der Waals surface area (Å²) in [7, 11) is 2.02. The summed E-state index contributed by atoms with van der Waals surface area (Å²) in [5.74, 6) is 0.949. The maximum atomic E-state index is 5.96. The summed E-state index contributed by atoms with van der Waals surface area (Å²) in [5.41, 5.74) is 8.18. The van der Waals surface area contributed by atoms with Crippen LogP contribution in [0.1, 0.15) is 24.6 Å². The third-order valence-corrected chi connectivity index (χ3v) is 3.35. The zero-order valence-corrected chi connectivity index (χ0v) is 12.2. The van der Waals surface area contributed by atoms with Crippen LogP contribution in [0.2, 0.25) is 0 Å². The smallest absolute Gasteiger partial charge is 0.128 e. The van der Waals surface area contributed by atoms with Gasteiger partial charge in [-0.3, -0.25) is 4.98 Å². The number of hydrogen-bond acceptors (Lipinski definition) is 4. The molecule has 0 saturated carbocycles. The van der Waals surface area contributed by atoms with E-state index >= 15 is 0 Å². The summed E-state index contributed by atoms with van der Waals surface area (Å²) in [6, 6.07) is 10.3. The molecule has 1 unspecified atom stereocenters. The minimum Gasteiger partial charge on any atom is -0.354 e. The van der Waals surface area contributed by atoms with Gasteiger partial charge in [0.15, 0.2) is 0 Å². The predicted molar refractivity (Wildman–Crippen MR) is 82.6 cm³/mol. The molecule has 0 aliphatic rings. The normalized spacial score (nSPS) is 12.2. The van der Waals surface area contributed by atoms with Gasteiger partial charge in [0.05, 0.1) is 12.2 Å². The average Bonchev–Trinajstić information content (AvgIpc) is 2.49. The van der Waals surface area contributed by atoms with Crippen LogP contribution >= 0.6 is 0 Å². The van der Waals surface area contributed by atoms with Crippen LogP contribution in [0, 0.1) is 0 Å². The van der Waals surface area contributed by atoms with Gasteiger partial charge in [0.25, 0.3) is 0 Å². The first-order chi connectivity index (χ1) is 9.69. The highest BCUT2D eigenvalue weighted by Gasteiger charge is 2.06. The quantitative estimate of drug-likeness (QED) is 0.875. The highest BCUT2D eigenvalue weighted by atomic mass is 15.2. The van der Waals surface area contributed by atoms with Gasteiger partial charge in [0.2, 0.25) is 0 Å². The Morgan fingerprint density at radius 1 is 1.20 bits per heavy atom. The number of nitrogens with two attached hydrogens (primary N) is 1. The minimum absolute atomic E-state index is 0.217. The van der Waals surface area contributed by atoms with E-state index in [9.17, 15) is 0 Å². The summed E-state index contributed by atoms with van der Waals surface area (Å²) in [5, 5.41) is 0. The van der Waals surface area contributed by atoms with E-state index in [0.717, 1.165) is 30.9 Å². The Morgan fingerprint density at radius 3 is 2.65 bits per heavy atom. The SMILES string of the molecule is CCC(N)Cc1ccc(N(C)Cc2ccccn2)nc1. The Balaban J connectivity index is 1.98. The standard InChI is InChI=1S/C16H22N4/c1-3-14(17)10-13-7-8-16(19-11-13)20(2)12-15-6-4-5-9-18-15/h4-9,11,14H,3,10,12,17H2,1-2H3. The molecule has 4 heteroatoms. The van der Waals surface area contributed by atoms with Crippen molar-refractivity contribution in [3.8, 4) is 0 Å². The molecule has 2 aromatic heterocycles. The van der Waals surface area contributed by atoms with Crippen molar-refractivity contribution in [2.75, 3.05) is 11.9 Å². The number of hydrogen-bond donors (Lipinski definition) is 1. The molecule has 0 amide bonds. The maximum absolute atomic E-state index is 5.96. The van der Waals surface area contributed by atoms with Crippen molar-refractivity contribution in [1.82, 2.24) is 9.97 Å². The maximum Gasteiger partial charge on any atom is 0.128 e. The fraction of sp³-hybridized carbons (Fsp3) is 0.375. The van der Waals surface area contributed by atoms with Crippen LogP contribution in [0.4, 0.5) is 5.82 Å². The molecule has 0 bridgehead atoms. The van der Waals surface area contributed by atoms with E-state index in [1.165, 1.54) is 5.56 Å². The number of aromatic nitrogens is 2. The van der Waals surface area contributed by atoms with E-state index in [4.69, 9.17) is 5.73 Å². The molecule has 106 valence electrons. The number of anilines is 1. The summed E-state index contributed by atoms with van der Waals surface area (Å²) in [4.78, 5) is 10.9. The second-order valence-corrected chi connectivity index (χ2v) is 5.07. The number of rotatable bonds is 6. The molecule has 0 radical (unpaired) electrons. The van der Waals surface area contributed by atoms with Crippen molar-refractivity contribution in [3.05, 3.63) is 54.0 Å². The average molecular weight is 270 g/mol. The predicted octanol–water partition coefficient (Wildman–Crippen LogP) is 2.39. The Bertz CT molecular complexity index is 510. The van der Waals surface area contributed by atoms with Crippen molar-refractivity contribution in [2.45, 2.75) is 32.4 Å². The van der Waals surface area contributed by atoms with Crippen LogP contribution in [0.15, 0.2) is 42.7 Å². The van der Waals surface area contributed by atoms with Crippen molar-refractivity contribution in [1.29, 1.82) is 0 Å². The monoisotopic (exact) mass is 270 g/mol. The van der Waals surface area contributed by atoms with E-state index in [1.54, 1.807) is 0 Å². The van der Waals surface area contributed by atoms with Crippen molar-refractivity contribution < 1.29 is 0 Å². The Labute approximate surface area is 120 Å². The molecule has 4 nitrogen and oxygen atoms in total. The second-order valence-electron chi connectivity index (χ2n) is 5.07. The highest BCUT2D eigenvalue weighted by Crippen LogP contribution is 2.13. The van der Waals surface area contributed by atoms with Crippen LogP contribution in [-0.2, 0) is 13.0 Å². The molecular formula is C16H22N4. The lowest BCUT2D eigenvalue weighted by Gasteiger charge is -2.18. The largest absolute Gasteiger partial charge is 0.354 e. The van der Waals surface area contributed by atoms with Gasteiger partial charge in [-0.25, -0.2) is 4.98 Å². The third kappa shape index (κ3) is 4.03. The molecule has 0 aliphatic heterocycles. The molecule has 20 heavy (non-hydrogen) atoms.